The monoisotopic (exact) mass is 482 g/mol. The summed E-state index contributed by atoms with van der Waals surface area (Å²) < 4.78 is 0. The summed E-state index contributed by atoms with van der Waals surface area (Å²) in [6.07, 6.45) is 4.61. The van der Waals surface area contributed by atoms with Crippen molar-refractivity contribution in [1.82, 2.24) is 4.90 Å². The van der Waals surface area contributed by atoms with Gasteiger partial charge in [-0.05, 0) is 60.2 Å². The van der Waals surface area contributed by atoms with E-state index >= 15 is 0 Å². The summed E-state index contributed by atoms with van der Waals surface area (Å²) in [7, 11) is 0. The maximum atomic E-state index is 14.1. The van der Waals surface area contributed by atoms with Gasteiger partial charge in [0.1, 0.15) is 0 Å². The summed E-state index contributed by atoms with van der Waals surface area (Å²) in [6.45, 7) is 0. The Balaban J connectivity index is 1.41. The van der Waals surface area contributed by atoms with Crippen molar-refractivity contribution in [3.8, 4) is 0 Å². The summed E-state index contributed by atoms with van der Waals surface area (Å²) in [5.74, 6) is -0.897. The highest BCUT2D eigenvalue weighted by atomic mass is 16.4. The lowest BCUT2D eigenvalue weighted by molar-refractivity contribution is -0.142. The maximum Gasteiger partial charge on any atom is 0.303 e. The van der Waals surface area contributed by atoms with E-state index in [1.165, 1.54) is 0 Å². The van der Waals surface area contributed by atoms with Crippen LogP contribution in [0.4, 0.5) is 5.69 Å². The molecular formula is C30H30N2O4. The Morgan fingerprint density at radius 3 is 2.39 bits per heavy atom. The van der Waals surface area contributed by atoms with Gasteiger partial charge in [0.15, 0.2) is 0 Å². The highest BCUT2D eigenvalue weighted by Gasteiger charge is 2.51. The molecule has 3 aromatic carbocycles. The van der Waals surface area contributed by atoms with Crippen LogP contribution in [0.25, 0.3) is 10.8 Å². The number of hydrogen-bond acceptors (Lipinski definition) is 3. The second-order valence-electron chi connectivity index (χ2n) is 10.3. The summed E-state index contributed by atoms with van der Waals surface area (Å²) in [5.41, 5.74) is 2.55. The summed E-state index contributed by atoms with van der Waals surface area (Å²) in [6, 6.07) is 22.0. The molecule has 3 aromatic rings. The molecule has 6 rings (SSSR count). The lowest BCUT2D eigenvalue weighted by atomic mass is 9.81. The number of carboxylic acid groups (broad SMARTS) is 1. The molecule has 0 aromatic heterocycles. The van der Waals surface area contributed by atoms with Crippen LogP contribution in [0, 0.1) is 5.92 Å². The third-order valence-corrected chi connectivity index (χ3v) is 8.08. The predicted molar refractivity (Wildman–Crippen MR) is 138 cm³/mol. The van der Waals surface area contributed by atoms with Crippen LogP contribution in [0.2, 0.25) is 0 Å². The number of carbonyl (C=O) groups excluding carboxylic acids is 2. The average molecular weight is 483 g/mol. The van der Waals surface area contributed by atoms with Crippen LogP contribution in [-0.2, 0) is 9.59 Å². The van der Waals surface area contributed by atoms with Gasteiger partial charge in [-0.25, -0.2) is 0 Å². The molecule has 1 N–H and O–H groups in total. The molecule has 0 unspecified atom stereocenters. The van der Waals surface area contributed by atoms with Crippen molar-refractivity contribution in [3.63, 3.8) is 0 Å². The van der Waals surface area contributed by atoms with E-state index in [-0.39, 0.29) is 48.7 Å². The van der Waals surface area contributed by atoms with Gasteiger partial charge in [0, 0.05) is 35.7 Å². The number of amides is 2. The normalized spacial score (nSPS) is 22.7. The first-order valence-electron chi connectivity index (χ1n) is 13.0. The van der Waals surface area contributed by atoms with E-state index in [9.17, 15) is 19.5 Å². The number of hydrogen-bond donors (Lipinski definition) is 1. The first kappa shape index (κ1) is 22.8. The van der Waals surface area contributed by atoms with Crippen LogP contribution < -0.4 is 4.90 Å². The topological polar surface area (TPSA) is 77.9 Å². The lowest BCUT2D eigenvalue weighted by Crippen LogP contribution is -2.52. The molecule has 2 fully saturated rings. The molecule has 0 spiro atoms. The quantitative estimate of drug-likeness (QED) is 0.499. The zero-order valence-corrected chi connectivity index (χ0v) is 20.2. The number of rotatable bonds is 6. The number of carbonyl (C=O) groups is 3. The molecule has 0 saturated heterocycles. The average Bonchev–Trinajstić information content (AvgIpc) is 3.62. The molecule has 3 atom stereocenters. The Hall–Kier alpha value is -3.67. The van der Waals surface area contributed by atoms with Crippen molar-refractivity contribution >= 4 is 34.2 Å². The first-order chi connectivity index (χ1) is 17.5. The first-order valence-corrected chi connectivity index (χ1v) is 13.0. The number of anilines is 1. The zero-order chi connectivity index (χ0) is 24.8. The van der Waals surface area contributed by atoms with Crippen molar-refractivity contribution < 1.29 is 19.5 Å². The Kier molecular flexibility index (Phi) is 5.75. The molecule has 6 heteroatoms. The maximum absolute atomic E-state index is 14.1. The number of nitrogens with zero attached hydrogens (tertiary/aromatic N) is 2. The zero-order valence-electron chi connectivity index (χ0n) is 20.2. The van der Waals surface area contributed by atoms with Crippen LogP contribution in [0.15, 0.2) is 66.7 Å². The fourth-order valence-electron chi connectivity index (χ4n) is 6.38. The third kappa shape index (κ3) is 3.94. The van der Waals surface area contributed by atoms with Crippen molar-refractivity contribution in [3.05, 3.63) is 77.9 Å². The smallest absolute Gasteiger partial charge is 0.303 e. The predicted octanol–water partition coefficient (Wildman–Crippen LogP) is 5.57. The fourth-order valence-corrected chi connectivity index (χ4v) is 6.38. The van der Waals surface area contributed by atoms with Gasteiger partial charge in [-0.2, -0.15) is 0 Å². The molecule has 1 heterocycles. The van der Waals surface area contributed by atoms with Gasteiger partial charge in [0.2, 0.25) is 5.91 Å². The van der Waals surface area contributed by atoms with Gasteiger partial charge in [-0.15, -0.1) is 0 Å². The van der Waals surface area contributed by atoms with Crippen molar-refractivity contribution in [2.75, 3.05) is 4.90 Å². The number of para-hydroxylation sites is 1. The molecule has 0 bridgehead atoms. The third-order valence-electron chi connectivity index (χ3n) is 8.08. The van der Waals surface area contributed by atoms with Gasteiger partial charge in [0.05, 0.1) is 12.5 Å². The molecule has 6 nitrogen and oxygen atoms in total. The molecular weight excluding hydrogens is 452 g/mol. The lowest BCUT2D eigenvalue weighted by Gasteiger charge is -2.48. The number of benzene rings is 3. The molecule has 2 aliphatic carbocycles. The molecule has 3 aliphatic rings. The minimum Gasteiger partial charge on any atom is -0.481 e. The van der Waals surface area contributed by atoms with Gasteiger partial charge < -0.3 is 14.9 Å². The fraction of sp³-hybridized carbons (Fsp3) is 0.367. The summed E-state index contributed by atoms with van der Waals surface area (Å²) in [5, 5.41) is 11.3. The van der Waals surface area contributed by atoms with Crippen LogP contribution in [-0.4, -0.2) is 39.9 Å². The van der Waals surface area contributed by atoms with Crippen LogP contribution in [0.5, 0.6) is 0 Å². The van der Waals surface area contributed by atoms with Gasteiger partial charge in [-0.3, -0.25) is 14.4 Å². The number of carboxylic acids is 1. The van der Waals surface area contributed by atoms with E-state index < -0.39 is 5.97 Å². The van der Waals surface area contributed by atoms with E-state index in [1.807, 2.05) is 70.5 Å². The molecule has 1 aliphatic heterocycles. The number of aliphatic carboxylic acids is 1. The highest BCUT2D eigenvalue weighted by molar-refractivity contribution is 6.09. The van der Waals surface area contributed by atoms with E-state index in [1.54, 1.807) is 0 Å². The molecule has 2 amide bonds. The highest BCUT2D eigenvalue weighted by Crippen LogP contribution is 2.53. The summed E-state index contributed by atoms with van der Waals surface area (Å²) >= 11 is 0. The Labute approximate surface area is 210 Å². The second-order valence-corrected chi connectivity index (χ2v) is 10.3. The van der Waals surface area contributed by atoms with Crippen LogP contribution in [0.1, 0.15) is 66.9 Å². The number of fused-ring (bicyclic) bond motifs is 3. The van der Waals surface area contributed by atoms with Crippen molar-refractivity contribution in [2.24, 2.45) is 5.92 Å². The minimum atomic E-state index is -0.950. The Morgan fingerprint density at radius 1 is 0.861 bits per heavy atom. The minimum absolute atomic E-state index is 0.00118. The molecule has 36 heavy (non-hydrogen) atoms. The van der Waals surface area contributed by atoms with Crippen molar-refractivity contribution in [1.29, 1.82) is 0 Å². The Morgan fingerprint density at radius 2 is 1.61 bits per heavy atom. The van der Waals surface area contributed by atoms with Gasteiger partial charge in [-0.1, -0.05) is 55.0 Å². The standard InChI is InChI=1S/C30H30N2O4/c33-27(16-17-28(34)35)31(22-14-15-22)29-23-8-3-4-10-25(23)32(26-11-5-9-24(26)29)30(36)21-13-12-19-6-1-2-7-20(19)18-21/h1-4,6-8,10,12-13,18,22,24,26,29H,5,9,11,14-17H2,(H,34,35)/t24-,26+,29-/m0/s1. The van der Waals surface area contributed by atoms with Crippen molar-refractivity contribution in [2.45, 2.75) is 63.1 Å². The molecule has 184 valence electrons. The van der Waals surface area contributed by atoms with E-state index in [2.05, 4.69) is 6.07 Å². The Bertz CT molecular complexity index is 1350. The van der Waals surface area contributed by atoms with Crippen LogP contribution >= 0.6 is 0 Å². The van der Waals surface area contributed by atoms with Crippen LogP contribution in [0.3, 0.4) is 0 Å². The van der Waals surface area contributed by atoms with Gasteiger partial charge in [0.25, 0.3) is 5.91 Å². The van der Waals surface area contributed by atoms with E-state index in [0.29, 0.717) is 5.56 Å². The largest absolute Gasteiger partial charge is 0.481 e. The molecule has 2 saturated carbocycles. The second kappa shape index (κ2) is 9.08. The van der Waals surface area contributed by atoms with E-state index in [0.717, 1.165) is 54.1 Å². The SMILES string of the molecule is O=C(O)CCC(=O)N(C1CC1)[C@H]1c2ccccc2N(C(=O)c2ccc3ccccc3c2)[C@@H]2CCC[C@@H]21. The molecule has 0 radical (unpaired) electrons. The van der Waals surface area contributed by atoms with Gasteiger partial charge >= 0.3 is 5.97 Å². The van der Waals surface area contributed by atoms with E-state index in [4.69, 9.17) is 0 Å². The summed E-state index contributed by atoms with van der Waals surface area (Å²) in [4.78, 5) is 42.6.